The summed E-state index contributed by atoms with van der Waals surface area (Å²) in [5, 5.41) is 0. The number of epoxide rings is 1. The zero-order chi connectivity index (χ0) is 19.6. The first-order valence-corrected chi connectivity index (χ1v) is 10.4. The van der Waals surface area contributed by atoms with Crippen molar-refractivity contribution < 1.29 is 14.2 Å². The fourth-order valence-electron chi connectivity index (χ4n) is 4.52. The van der Waals surface area contributed by atoms with Gasteiger partial charge in [0.25, 0.3) is 0 Å². The van der Waals surface area contributed by atoms with Gasteiger partial charge in [0, 0.05) is 5.92 Å². The molecule has 3 aromatic rings. The lowest BCUT2D eigenvalue weighted by atomic mass is 9.69. The molecule has 2 aliphatic rings. The van der Waals surface area contributed by atoms with Crippen molar-refractivity contribution in [3.63, 3.8) is 0 Å². The van der Waals surface area contributed by atoms with Crippen LogP contribution < -0.4 is 9.47 Å². The highest BCUT2D eigenvalue weighted by Gasteiger charge is 2.32. The predicted octanol–water partition coefficient (Wildman–Crippen LogP) is 5.33. The summed E-state index contributed by atoms with van der Waals surface area (Å²) in [5.74, 6) is 2.63. The number of benzene rings is 3. The Morgan fingerprint density at radius 3 is 2.38 bits per heavy atom. The Balaban J connectivity index is 1.50. The van der Waals surface area contributed by atoms with Crippen LogP contribution in [0.2, 0.25) is 0 Å². The Morgan fingerprint density at radius 1 is 0.897 bits per heavy atom. The molecule has 0 saturated carbocycles. The van der Waals surface area contributed by atoms with Crippen LogP contribution in [0.1, 0.15) is 40.5 Å². The minimum Gasteiger partial charge on any atom is -0.497 e. The Labute approximate surface area is 172 Å². The summed E-state index contributed by atoms with van der Waals surface area (Å²) in [6, 6.07) is 26.1. The molecule has 3 heteroatoms. The van der Waals surface area contributed by atoms with Gasteiger partial charge in [0.2, 0.25) is 0 Å². The number of fused-ring (bicyclic) bond motifs is 1. The van der Waals surface area contributed by atoms with Crippen molar-refractivity contribution in [3.8, 4) is 11.5 Å². The van der Waals surface area contributed by atoms with Crippen molar-refractivity contribution in [1.29, 1.82) is 0 Å². The number of ether oxygens (including phenoxy) is 3. The lowest BCUT2D eigenvalue weighted by Gasteiger charge is -2.35. The van der Waals surface area contributed by atoms with Crippen LogP contribution in [0.5, 0.6) is 11.5 Å². The molecule has 29 heavy (non-hydrogen) atoms. The Bertz CT molecular complexity index is 961. The number of rotatable bonds is 6. The Morgan fingerprint density at radius 2 is 1.66 bits per heavy atom. The second-order valence-corrected chi connectivity index (χ2v) is 7.93. The topological polar surface area (TPSA) is 31.0 Å². The van der Waals surface area contributed by atoms with Crippen LogP contribution in [-0.2, 0) is 11.2 Å². The summed E-state index contributed by atoms with van der Waals surface area (Å²) in [7, 11) is 1.74. The molecule has 1 fully saturated rings. The maximum Gasteiger partial charge on any atom is 0.119 e. The van der Waals surface area contributed by atoms with E-state index in [9.17, 15) is 0 Å². The highest BCUT2D eigenvalue weighted by Crippen LogP contribution is 2.47. The SMILES string of the molecule is COc1ccc2c(c1)CC[C@H](c1ccccc1)[C@@H]2c1ccc(OCC2CO2)cc1. The third kappa shape index (κ3) is 3.88. The van der Waals surface area contributed by atoms with Crippen LogP contribution in [0.3, 0.4) is 0 Å². The van der Waals surface area contributed by atoms with E-state index in [4.69, 9.17) is 14.2 Å². The van der Waals surface area contributed by atoms with Crippen molar-refractivity contribution >= 4 is 0 Å². The molecule has 5 rings (SSSR count). The van der Waals surface area contributed by atoms with E-state index in [0.29, 0.717) is 18.4 Å². The van der Waals surface area contributed by atoms with Crippen molar-refractivity contribution in [2.75, 3.05) is 20.3 Å². The number of hydrogen-bond donors (Lipinski definition) is 0. The van der Waals surface area contributed by atoms with Crippen LogP contribution in [0.15, 0.2) is 72.8 Å². The number of hydrogen-bond acceptors (Lipinski definition) is 3. The fraction of sp³-hybridized carbons (Fsp3) is 0.308. The van der Waals surface area contributed by atoms with Crippen molar-refractivity contribution in [3.05, 3.63) is 95.1 Å². The van der Waals surface area contributed by atoms with E-state index in [1.807, 2.05) is 0 Å². The van der Waals surface area contributed by atoms with E-state index in [2.05, 4.69) is 72.8 Å². The van der Waals surface area contributed by atoms with Gasteiger partial charge in [-0.1, -0.05) is 48.5 Å². The van der Waals surface area contributed by atoms with E-state index in [1.54, 1.807) is 7.11 Å². The minimum absolute atomic E-state index is 0.275. The first kappa shape index (κ1) is 18.3. The van der Waals surface area contributed by atoms with Gasteiger partial charge in [-0.2, -0.15) is 0 Å². The number of aryl methyl sites for hydroxylation is 1. The van der Waals surface area contributed by atoms with Crippen LogP contribution in [0.4, 0.5) is 0 Å². The zero-order valence-corrected chi connectivity index (χ0v) is 16.7. The van der Waals surface area contributed by atoms with E-state index < -0.39 is 0 Å². The molecule has 1 aliphatic carbocycles. The van der Waals surface area contributed by atoms with E-state index in [-0.39, 0.29) is 6.10 Å². The predicted molar refractivity (Wildman–Crippen MR) is 114 cm³/mol. The molecule has 1 unspecified atom stereocenters. The van der Waals surface area contributed by atoms with Crippen molar-refractivity contribution in [1.82, 2.24) is 0 Å². The highest BCUT2D eigenvalue weighted by molar-refractivity contribution is 5.48. The van der Waals surface area contributed by atoms with Gasteiger partial charge in [0.1, 0.15) is 24.2 Å². The molecule has 0 N–H and O–H groups in total. The van der Waals surface area contributed by atoms with Crippen LogP contribution in [0, 0.1) is 0 Å². The molecular weight excluding hydrogens is 360 g/mol. The molecule has 0 bridgehead atoms. The average molecular weight is 386 g/mol. The Kier molecular flexibility index (Phi) is 4.99. The standard InChI is InChI=1S/C26H26O3/c1-27-22-12-14-25-20(15-22)9-13-24(18-5-3-2-4-6-18)26(25)19-7-10-21(11-8-19)28-16-23-17-29-23/h2-8,10-12,14-15,23-24,26H,9,13,16-17H2,1H3/t23?,24-,26+/m1/s1. The van der Waals surface area contributed by atoms with E-state index in [0.717, 1.165) is 30.9 Å². The van der Waals surface area contributed by atoms with Gasteiger partial charge in [-0.3, -0.25) is 0 Å². The van der Waals surface area contributed by atoms with Gasteiger partial charge in [0.15, 0.2) is 0 Å². The molecule has 0 amide bonds. The molecule has 148 valence electrons. The fourth-order valence-corrected chi connectivity index (χ4v) is 4.52. The van der Waals surface area contributed by atoms with Crippen molar-refractivity contribution in [2.24, 2.45) is 0 Å². The summed E-state index contributed by atoms with van der Waals surface area (Å²) >= 11 is 0. The summed E-state index contributed by atoms with van der Waals surface area (Å²) in [6.45, 7) is 1.46. The van der Waals surface area contributed by atoms with Gasteiger partial charge in [0.05, 0.1) is 13.7 Å². The zero-order valence-electron chi connectivity index (χ0n) is 16.7. The monoisotopic (exact) mass is 386 g/mol. The lowest BCUT2D eigenvalue weighted by molar-refractivity contribution is 0.263. The highest BCUT2D eigenvalue weighted by atomic mass is 16.6. The summed E-state index contributed by atoms with van der Waals surface area (Å²) in [4.78, 5) is 0. The molecule has 0 radical (unpaired) electrons. The van der Waals surface area contributed by atoms with Crippen LogP contribution >= 0.6 is 0 Å². The lowest BCUT2D eigenvalue weighted by Crippen LogP contribution is -2.20. The molecule has 3 aromatic carbocycles. The van der Waals surface area contributed by atoms with Gasteiger partial charge >= 0.3 is 0 Å². The normalized spacial score (nSPS) is 22.6. The smallest absolute Gasteiger partial charge is 0.119 e. The van der Waals surface area contributed by atoms with Crippen LogP contribution in [0.25, 0.3) is 0 Å². The Hall–Kier alpha value is -2.78. The maximum atomic E-state index is 5.84. The van der Waals surface area contributed by atoms with Gasteiger partial charge in [-0.15, -0.1) is 0 Å². The summed E-state index contributed by atoms with van der Waals surface area (Å²) in [6.07, 6.45) is 2.48. The second-order valence-electron chi connectivity index (χ2n) is 7.93. The summed E-state index contributed by atoms with van der Waals surface area (Å²) in [5.41, 5.74) is 5.55. The molecule has 3 atom stereocenters. The van der Waals surface area contributed by atoms with Gasteiger partial charge in [-0.05, 0) is 65.3 Å². The first-order valence-electron chi connectivity index (χ1n) is 10.4. The third-order valence-corrected chi connectivity index (χ3v) is 6.12. The molecular formula is C26H26O3. The third-order valence-electron chi connectivity index (χ3n) is 6.12. The van der Waals surface area contributed by atoms with E-state index in [1.165, 1.54) is 22.3 Å². The second kappa shape index (κ2) is 7.92. The van der Waals surface area contributed by atoms with Crippen LogP contribution in [-0.4, -0.2) is 26.4 Å². The van der Waals surface area contributed by atoms with Crippen molar-refractivity contribution in [2.45, 2.75) is 30.8 Å². The molecule has 0 spiro atoms. The summed E-state index contributed by atoms with van der Waals surface area (Å²) < 4.78 is 16.5. The average Bonchev–Trinajstić information content (AvgIpc) is 3.62. The maximum absolute atomic E-state index is 5.84. The molecule has 1 heterocycles. The minimum atomic E-state index is 0.275. The largest absolute Gasteiger partial charge is 0.497 e. The van der Waals surface area contributed by atoms with Gasteiger partial charge < -0.3 is 14.2 Å². The van der Waals surface area contributed by atoms with Gasteiger partial charge in [-0.25, -0.2) is 0 Å². The van der Waals surface area contributed by atoms with E-state index >= 15 is 0 Å². The molecule has 3 nitrogen and oxygen atoms in total. The number of methoxy groups -OCH3 is 1. The molecule has 1 aliphatic heterocycles. The first-order chi connectivity index (χ1) is 14.3. The molecule has 1 saturated heterocycles. The molecule has 0 aromatic heterocycles. The quantitative estimate of drug-likeness (QED) is 0.536.